The van der Waals surface area contributed by atoms with E-state index in [1.165, 1.54) is 5.57 Å². The molecule has 0 radical (unpaired) electrons. The molecule has 1 aromatic rings. The number of hydrogen-bond acceptors (Lipinski definition) is 4. The third-order valence-electron chi connectivity index (χ3n) is 4.78. The highest BCUT2D eigenvalue weighted by Crippen LogP contribution is 2.30. The van der Waals surface area contributed by atoms with E-state index in [-0.39, 0.29) is 24.1 Å². The van der Waals surface area contributed by atoms with Gasteiger partial charge in [0.05, 0.1) is 6.54 Å². The van der Waals surface area contributed by atoms with Crippen molar-refractivity contribution in [2.24, 2.45) is 4.99 Å². The standard InChI is InChI=1S/C18H17N3O3/c22-16-4-3-15(17(23)20-16)21-10-13-9-12(1-2-14(13)18(21)24)11-5-7-19-8-6-11/h1-2,5,8-9,15H,3-4,6-7,10H2,(H,20,22,23). The fourth-order valence-electron chi connectivity index (χ4n) is 3.49. The molecule has 0 bridgehead atoms. The molecule has 0 aliphatic carbocycles. The summed E-state index contributed by atoms with van der Waals surface area (Å²) >= 11 is 0. The second-order valence-electron chi connectivity index (χ2n) is 6.25. The minimum absolute atomic E-state index is 0.134. The van der Waals surface area contributed by atoms with Crippen LogP contribution in [0, 0.1) is 0 Å². The summed E-state index contributed by atoms with van der Waals surface area (Å²) in [5.41, 5.74) is 3.89. The van der Waals surface area contributed by atoms with E-state index >= 15 is 0 Å². The smallest absolute Gasteiger partial charge is 0.255 e. The predicted octanol–water partition coefficient (Wildman–Crippen LogP) is 1.31. The molecule has 4 rings (SSSR count). The average molecular weight is 323 g/mol. The Morgan fingerprint density at radius 2 is 2.08 bits per heavy atom. The van der Waals surface area contributed by atoms with E-state index in [1.807, 2.05) is 24.4 Å². The number of imide groups is 1. The van der Waals surface area contributed by atoms with Crippen molar-refractivity contribution in [3.8, 4) is 0 Å². The number of carbonyl (C=O) groups is 3. The molecule has 1 aromatic carbocycles. The fraction of sp³-hybridized carbons (Fsp3) is 0.333. The minimum Gasteiger partial charge on any atom is -0.322 e. The van der Waals surface area contributed by atoms with E-state index in [9.17, 15) is 14.4 Å². The van der Waals surface area contributed by atoms with Crippen molar-refractivity contribution in [2.45, 2.75) is 31.8 Å². The van der Waals surface area contributed by atoms with Crippen molar-refractivity contribution in [1.82, 2.24) is 10.2 Å². The topological polar surface area (TPSA) is 78.8 Å². The van der Waals surface area contributed by atoms with Gasteiger partial charge in [-0.3, -0.25) is 24.7 Å². The normalized spacial score (nSPS) is 23.2. The van der Waals surface area contributed by atoms with Crippen molar-refractivity contribution in [3.63, 3.8) is 0 Å². The highest BCUT2D eigenvalue weighted by atomic mass is 16.2. The van der Waals surface area contributed by atoms with Gasteiger partial charge in [0.25, 0.3) is 5.91 Å². The van der Waals surface area contributed by atoms with Crippen LogP contribution in [0.5, 0.6) is 0 Å². The van der Waals surface area contributed by atoms with Gasteiger partial charge in [-0.15, -0.1) is 0 Å². The lowest BCUT2D eigenvalue weighted by atomic mass is 9.97. The van der Waals surface area contributed by atoms with Gasteiger partial charge in [-0.2, -0.15) is 0 Å². The number of rotatable bonds is 2. The van der Waals surface area contributed by atoms with E-state index in [0.717, 1.165) is 17.5 Å². The predicted molar refractivity (Wildman–Crippen MR) is 88.4 cm³/mol. The minimum atomic E-state index is -0.563. The zero-order valence-electron chi connectivity index (χ0n) is 13.1. The van der Waals surface area contributed by atoms with E-state index in [1.54, 1.807) is 4.90 Å². The number of nitrogens with one attached hydrogen (secondary N) is 1. The van der Waals surface area contributed by atoms with E-state index in [2.05, 4.69) is 16.4 Å². The largest absolute Gasteiger partial charge is 0.322 e. The van der Waals surface area contributed by atoms with E-state index in [4.69, 9.17) is 0 Å². The molecule has 0 aromatic heterocycles. The summed E-state index contributed by atoms with van der Waals surface area (Å²) in [7, 11) is 0. The van der Waals surface area contributed by atoms with Crippen LogP contribution in [0.4, 0.5) is 0 Å². The summed E-state index contributed by atoms with van der Waals surface area (Å²) in [5.74, 6) is -0.780. The van der Waals surface area contributed by atoms with Crippen molar-refractivity contribution < 1.29 is 14.4 Å². The Balaban J connectivity index is 1.59. The number of dihydropyridines is 1. The van der Waals surface area contributed by atoms with E-state index < -0.39 is 6.04 Å². The molecule has 0 saturated carbocycles. The molecule has 1 fully saturated rings. The number of fused-ring (bicyclic) bond motifs is 1. The first-order chi connectivity index (χ1) is 11.6. The first-order valence-electron chi connectivity index (χ1n) is 8.09. The molecule has 0 spiro atoms. The second-order valence-corrected chi connectivity index (χ2v) is 6.25. The number of nitrogens with zero attached hydrogens (tertiary/aromatic N) is 2. The van der Waals surface area contributed by atoms with Gasteiger partial charge in [-0.05, 0) is 35.3 Å². The van der Waals surface area contributed by atoms with Crippen molar-refractivity contribution in [2.75, 3.05) is 6.54 Å². The van der Waals surface area contributed by atoms with Crippen LogP contribution in [-0.2, 0) is 16.1 Å². The van der Waals surface area contributed by atoms with Crippen LogP contribution < -0.4 is 5.32 Å². The van der Waals surface area contributed by atoms with Gasteiger partial charge in [0, 0.05) is 31.2 Å². The van der Waals surface area contributed by atoms with Gasteiger partial charge in [0.15, 0.2) is 0 Å². The number of allylic oxidation sites excluding steroid dienone is 1. The maximum atomic E-state index is 12.6. The lowest BCUT2D eigenvalue weighted by Crippen LogP contribution is -2.52. The Labute approximate surface area is 139 Å². The molecule has 24 heavy (non-hydrogen) atoms. The van der Waals surface area contributed by atoms with Crippen LogP contribution >= 0.6 is 0 Å². The van der Waals surface area contributed by atoms with Crippen molar-refractivity contribution in [3.05, 3.63) is 41.0 Å². The van der Waals surface area contributed by atoms with Gasteiger partial charge in [-0.25, -0.2) is 0 Å². The SMILES string of the molecule is O=C1CCC(N2Cc3cc(C4=CCN=CC4)ccc3C2=O)C(=O)N1. The van der Waals surface area contributed by atoms with Gasteiger partial charge in [0.1, 0.15) is 6.04 Å². The average Bonchev–Trinajstić information content (AvgIpc) is 2.92. The molecule has 1 N–H and O–H groups in total. The monoisotopic (exact) mass is 323 g/mol. The molecule has 6 nitrogen and oxygen atoms in total. The van der Waals surface area contributed by atoms with Gasteiger partial charge >= 0.3 is 0 Å². The molecular formula is C18H17N3O3. The van der Waals surface area contributed by atoms with Crippen molar-refractivity contribution >= 4 is 29.5 Å². The van der Waals surface area contributed by atoms with Gasteiger partial charge in [-0.1, -0.05) is 12.1 Å². The summed E-state index contributed by atoms with van der Waals surface area (Å²) < 4.78 is 0. The second kappa shape index (κ2) is 5.70. The number of piperidine rings is 1. The molecule has 1 atom stereocenters. The summed E-state index contributed by atoms with van der Waals surface area (Å²) in [4.78, 5) is 41.8. The number of amides is 3. The maximum Gasteiger partial charge on any atom is 0.255 e. The number of benzene rings is 1. The third-order valence-corrected chi connectivity index (χ3v) is 4.78. The lowest BCUT2D eigenvalue weighted by Gasteiger charge is -2.29. The van der Waals surface area contributed by atoms with E-state index in [0.29, 0.717) is 25.1 Å². The Hall–Kier alpha value is -2.76. The lowest BCUT2D eigenvalue weighted by molar-refractivity contribution is -0.136. The molecule has 6 heteroatoms. The molecule has 122 valence electrons. The van der Waals surface area contributed by atoms with Crippen molar-refractivity contribution in [1.29, 1.82) is 0 Å². The molecule has 3 aliphatic rings. The molecule has 3 heterocycles. The van der Waals surface area contributed by atoms with Crippen LogP contribution in [0.1, 0.15) is 40.7 Å². The highest BCUT2D eigenvalue weighted by Gasteiger charge is 2.39. The molecular weight excluding hydrogens is 306 g/mol. The first-order valence-corrected chi connectivity index (χ1v) is 8.09. The number of aliphatic imine (C=N–C) groups is 1. The third kappa shape index (κ3) is 2.44. The summed E-state index contributed by atoms with van der Waals surface area (Å²) in [6, 6.07) is 5.26. The summed E-state index contributed by atoms with van der Waals surface area (Å²) in [6.45, 7) is 1.10. The number of carbonyl (C=O) groups excluding carboxylic acids is 3. The summed E-state index contributed by atoms with van der Waals surface area (Å²) in [6.07, 6.45) is 5.45. The Morgan fingerprint density at radius 1 is 1.21 bits per heavy atom. The van der Waals surface area contributed by atoms with Gasteiger partial charge < -0.3 is 4.90 Å². The fourth-order valence-corrected chi connectivity index (χ4v) is 3.49. The Kier molecular flexibility index (Phi) is 3.52. The van der Waals surface area contributed by atoms with Gasteiger partial charge in [0.2, 0.25) is 11.8 Å². The van der Waals surface area contributed by atoms with Crippen LogP contribution in [0.3, 0.4) is 0 Å². The van der Waals surface area contributed by atoms with Crippen LogP contribution in [0.15, 0.2) is 29.3 Å². The maximum absolute atomic E-state index is 12.6. The molecule has 1 saturated heterocycles. The quantitative estimate of drug-likeness (QED) is 0.833. The molecule has 3 aliphatic heterocycles. The molecule has 3 amide bonds. The zero-order chi connectivity index (χ0) is 16.7. The highest BCUT2D eigenvalue weighted by molar-refractivity contribution is 6.05. The number of hydrogen-bond donors (Lipinski definition) is 1. The molecule has 1 unspecified atom stereocenters. The Morgan fingerprint density at radius 3 is 2.83 bits per heavy atom. The van der Waals surface area contributed by atoms with Crippen LogP contribution in [0.2, 0.25) is 0 Å². The first kappa shape index (κ1) is 14.8. The Bertz CT molecular complexity index is 810. The summed E-state index contributed by atoms with van der Waals surface area (Å²) in [5, 5.41) is 2.32. The van der Waals surface area contributed by atoms with Crippen LogP contribution in [-0.4, -0.2) is 41.4 Å². The van der Waals surface area contributed by atoms with Crippen LogP contribution in [0.25, 0.3) is 5.57 Å². The zero-order valence-corrected chi connectivity index (χ0v) is 13.1.